The van der Waals surface area contributed by atoms with Gasteiger partial charge in [-0.1, -0.05) is 66.7 Å². The van der Waals surface area contributed by atoms with Gasteiger partial charge < -0.3 is 15.0 Å². The fourth-order valence-electron chi connectivity index (χ4n) is 4.07. The van der Waals surface area contributed by atoms with E-state index in [2.05, 4.69) is 55.2 Å². The van der Waals surface area contributed by atoms with E-state index in [1.807, 2.05) is 30.0 Å². The molecule has 2 heterocycles. The number of ether oxygens (including phenoxy) is 1. The summed E-state index contributed by atoms with van der Waals surface area (Å²) in [5, 5.41) is 3.50. The number of carbonyl (C=O) groups is 1. The van der Waals surface area contributed by atoms with Crippen molar-refractivity contribution in [1.29, 1.82) is 0 Å². The second-order valence-electron chi connectivity index (χ2n) is 7.98. The molecule has 4 heteroatoms. The molecule has 2 aliphatic heterocycles. The van der Waals surface area contributed by atoms with E-state index in [9.17, 15) is 4.79 Å². The van der Waals surface area contributed by atoms with Crippen molar-refractivity contribution < 1.29 is 9.53 Å². The number of benzene rings is 2. The molecule has 0 radical (unpaired) electrons. The summed E-state index contributed by atoms with van der Waals surface area (Å²) in [6, 6.07) is 19.4. The minimum Gasteiger partial charge on any atom is -0.377 e. The summed E-state index contributed by atoms with van der Waals surface area (Å²) in [5.74, 6) is 0. The first-order chi connectivity index (χ1) is 14.1. The van der Waals surface area contributed by atoms with Gasteiger partial charge in [0.25, 0.3) is 0 Å². The number of hydrogen-bond acceptors (Lipinski definition) is 3. The molecule has 154 valence electrons. The van der Waals surface area contributed by atoms with Gasteiger partial charge in [0.05, 0.1) is 18.8 Å². The van der Waals surface area contributed by atoms with Crippen molar-refractivity contribution in [2.24, 2.45) is 0 Å². The Morgan fingerprint density at radius 1 is 1.21 bits per heavy atom. The van der Waals surface area contributed by atoms with Gasteiger partial charge in [0.15, 0.2) is 0 Å². The fourth-order valence-corrected chi connectivity index (χ4v) is 4.07. The molecular weight excluding hydrogens is 360 g/mol. The highest BCUT2D eigenvalue weighted by molar-refractivity contribution is 5.53. The molecule has 29 heavy (non-hydrogen) atoms. The highest BCUT2D eigenvalue weighted by atomic mass is 16.5. The largest absolute Gasteiger partial charge is 0.377 e. The molecule has 0 aliphatic carbocycles. The molecule has 2 aromatic rings. The third-order valence-corrected chi connectivity index (χ3v) is 5.56. The number of fused-ring (bicyclic) bond motifs is 1. The average Bonchev–Trinajstić information content (AvgIpc) is 3.17. The molecule has 2 aliphatic rings. The Kier molecular flexibility index (Phi) is 7.62. The number of rotatable bonds is 5. The van der Waals surface area contributed by atoms with Gasteiger partial charge in [-0.25, -0.2) is 0 Å². The number of hydrogen-bond donors (Lipinski definition) is 1. The fraction of sp³-hybridized carbons (Fsp3) is 0.400. The molecule has 2 aromatic carbocycles. The van der Waals surface area contributed by atoms with Gasteiger partial charge in [0.1, 0.15) is 0 Å². The highest BCUT2D eigenvalue weighted by Gasteiger charge is 2.26. The smallest absolute Gasteiger partial charge is 0.210 e. The van der Waals surface area contributed by atoms with Crippen molar-refractivity contribution in [3.63, 3.8) is 0 Å². The second kappa shape index (κ2) is 10.4. The predicted molar refractivity (Wildman–Crippen MR) is 118 cm³/mol. The van der Waals surface area contributed by atoms with E-state index >= 15 is 0 Å². The number of amides is 1. The average molecular weight is 393 g/mol. The molecule has 1 fully saturated rings. The van der Waals surface area contributed by atoms with Crippen LogP contribution in [0.15, 0.2) is 66.7 Å². The third-order valence-electron chi connectivity index (χ3n) is 5.56. The molecule has 1 saturated heterocycles. The van der Waals surface area contributed by atoms with Crippen LogP contribution in [0.2, 0.25) is 0 Å². The summed E-state index contributed by atoms with van der Waals surface area (Å²) in [6.07, 6.45) is 3.42. The van der Waals surface area contributed by atoms with Gasteiger partial charge in [0, 0.05) is 19.1 Å². The Bertz CT molecular complexity index is 805. The Hall–Kier alpha value is -2.43. The Morgan fingerprint density at radius 2 is 1.93 bits per heavy atom. The van der Waals surface area contributed by atoms with Gasteiger partial charge in [0.2, 0.25) is 6.41 Å². The number of nitrogens with zero attached hydrogens (tertiary/aromatic N) is 1. The predicted octanol–water partition coefficient (Wildman–Crippen LogP) is 4.27. The van der Waals surface area contributed by atoms with Crippen LogP contribution in [0, 0.1) is 0 Å². The van der Waals surface area contributed by atoms with Crippen LogP contribution in [0.25, 0.3) is 0 Å². The van der Waals surface area contributed by atoms with Crippen LogP contribution in [0.5, 0.6) is 0 Å². The van der Waals surface area contributed by atoms with Crippen molar-refractivity contribution in [1.82, 2.24) is 10.2 Å². The monoisotopic (exact) mass is 392 g/mol. The first kappa shape index (κ1) is 21.3. The third kappa shape index (κ3) is 5.78. The van der Waals surface area contributed by atoms with E-state index in [0.29, 0.717) is 12.1 Å². The van der Waals surface area contributed by atoms with Crippen molar-refractivity contribution in [2.45, 2.75) is 51.4 Å². The maximum atomic E-state index is 11.0. The maximum absolute atomic E-state index is 11.0. The van der Waals surface area contributed by atoms with E-state index in [4.69, 9.17) is 4.74 Å². The Labute approximate surface area is 174 Å². The van der Waals surface area contributed by atoms with Crippen molar-refractivity contribution in [3.8, 4) is 0 Å². The minimum atomic E-state index is 0.0625. The van der Waals surface area contributed by atoms with Gasteiger partial charge in [-0.15, -0.1) is 0 Å². The van der Waals surface area contributed by atoms with Gasteiger partial charge in [-0.05, 0) is 43.4 Å². The minimum absolute atomic E-state index is 0.0625. The van der Waals surface area contributed by atoms with Crippen LogP contribution in [0.4, 0.5) is 0 Å². The summed E-state index contributed by atoms with van der Waals surface area (Å²) in [7, 11) is 0. The maximum Gasteiger partial charge on any atom is 0.210 e. The molecule has 1 amide bonds. The van der Waals surface area contributed by atoms with E-state index in [1.165, 1.54) is 16.7 Å². The zero-order valence-corrected chi connectivity index (χ0v) is 17.5. The van der Waals surface area contributed by atoms with Gasteiger partial charge in [-0.3, -0.25) is 4.79 Å². The lowest BCUT2D eigenvalue weighted by molar-refractivity contribution is -0.120. The molecule has 1 unspecified atom stereocenters. The van der Waals surface area contributed by atoms with Crippen LogP contribution in [-0.2, 0) is 22.5 Å². The molecule has 0 bridgehead atoms. The van der Waals surface area contributed by atoms with E-state index in [-0.39, 0.29) is 6.04 Å². The lowest BCUT2D eigenvalue weighted by Crippen LogP contribution is -2.34. The van der Waals surface area contributed by atoms with Crippen molar-refractivity contribution >= 4 is 6.41 Å². The number of carbonyl (C=O) groups excluding carboxylic acids is 1. The van der Waals surface area contributed by atoms with Crippen LogP contribution in [-0.4, -0.2) is 36.6 Å². The van der Waals surface area contributed by atoms with E-state index < -0.39 is 0 Å². The summed E-state index contributed by atoms with van der Waals surface area (Å²) >= 11 is 0. The molecule has 4 nitrogen and oxygen atoms in total. The van der Waals surface area contributed by atoms with Crippen molar-refractivity contribution in [2.75, 3.05) is 13.2 Å². The van der Waals surface area contributed by atoms with Crippen LogP contribution < -0.4 is 5.32 Å². The SMILES string of the molecule is C=C(C)[C@H]1c2ccccc2CCN1C=O.C[C@@H]1CC(NCc2ccccc2)CO1. The summed E-state index contributed by atoms with van der Waals surface area (Å²) in [4.78, 5) is 12.8. The molecule has 0 spiro atoms. The highest BCUT2D eigenvalue weighted by Crippen LogP contribution is 2.32. The standard InChI is InChI=1S/C13H15NO.C12H17NO/c1-10(2)13-12-6-4-3-5-11(12)7-8-14(13)9-15;1-10-7-12(9-14-10)13-8-11-5-3-2-4-6-11/h3-6,9,13H,1,7-8H2,2H3;2-6,10,12-13H,7-9H2,1H3/t13-;10-,12?/m01/s1. The zero-order chi connectivity index (χ0) is 20.6. The normalized spacial score (nSPS) is 23.0. The molecular formula is C25H32N2O2. The van der Waals surface area contributed by atoms with Crippen LogP contribution in [0.1, 0.15) is 43.0 Å². The quantitative estimate of drug-likeness (QED) is 0.610. The topological polar surface area (TPSA) is 41.6 Å². The van der Waals surface area contributed by atoms with E-state index in [0.717, 1.165) is 44.5 Å². The summed E-state index contributed by atoms with van der Waals surface area (Å²) in [6.45, 7) is 10.7. The summed E-state index contributed by atoms with van der Waals surface area (Å²) < 4.78 is 5.49. The molecule has 1 N–H and O–H groups in total. The summed E-state index contributed by atoms with van der Waals surface area (Å²) in [5.41, 5.74) is 4.92. The van der Waals surface area contributed by atoms with Gasteiger partial charge >= 0.3 is 0 Å². The molecule has 0 saturated carbocycles. The zero-order valence-electron chi connectivity index (χ0n) is 17.5. The van der Waals surface area contributed by atoms with E-state index in [1.54, 1.807) is 0 Å². The van der Waals surface area contributed by atoms with Crippen molar-refractivity contribution in [3.05, 3.63) is 83.4 Å². The number of nitrogens with one attached hydrogen (secondary N) is 1. The van der Waals surface area contributed by atoms with Crippen LogP contribution >= 0.6 is 0 Å². The molecule has 0 aromatic heterocycles. The Morgan fingerprint density at radius 3 is 2.59 bits per heavy atom. The lowest BCUT2D eigenvalue weighted by atomic mass is 9.89. The first-order valence-corrected chi connectivity index (χ1v) is 10.4. The Balaban J connectivity index is 0.000000166. The molecule has 4 rings (SSSR count). The second-order valence-corrected chi connectivity index (χ2v) is 7.98. The molecule has 3 atom stereocenters. The first-order valence-electron chi connectivity index (χ1n) is 10.4. The van der Waals surface area contributed by atoms with Gasteiger partial charge in [-0.2, -0.15) is 0 Å². The lowest BCUT2D eigenvalue weighted by Gasteiger charge is -2.35. The van der Waals surface area contributed by atoms with Crippen LogP contribution in [0.3, 0.4) is 0 Å².